The number of allylic oxidation sites excluding steroid dienone is 2. The van der Waals surface area contributed by atoms with Crippen molar-refractivity contribution in [1.82, 2.24) is 15.2 Å². The van der Waals surface area contributed by atoms with Crippen molar-refractivity contribution in [2.75, 3.05) is 27.4 Å². The molecule has 1 saturated heterocycles. The number of nitrogens with one attached hydrogen (secondary N) is 1. The molecule has 272 valence electrons. The third-order valence-corrected chi connectivity index (χ3v) is 9.01. The van der Waals surface area contributed by atoms with Crippen molar-refractivity contribution in [3.05, 3.63) is 86.0 Å². The standard InChI is InChI=1S/C41H51N3O7/c1-8-11-12-13-17-20-32(43-40(47)50-27-41(4,5)21-9-2)38(45)44-26-30(23-35(44)39(46)49-7)51-37-24-33(29-18-15-14-16-19-29)42-34-25-36(48-6)28(10-3)22-31(34)37/h8-10,14-16,18-19,22,24-25,30,32,35H,1-3,11-13,17,20-21,23,26-27H2,4-7H3,(H,43,47)/t30-,32+,35+/m1/s1. The number of carbonyl (C=O) groups is 3. The minimum atomic E-state index is -0.913. The lowest BCUT2D eigenvalue weighted by Crippen LogP contribution is -2.52. The zero-order chi connectivity index (χ0) is 37.0. The molecular formula is C41H51N3O7. The molecule has 1 aliphatic heterocycles. The number of fused-ring (bicyclic) bond motifs is 1. The highest BCUT2D eigenvalue weighted by Crippen LogP contribution is 2.37. The van der Waals surface area contributed by atoms with Gasteiger partial charge in [0.1, 0.15) is 29.7 Å². The molecule has 0 aliphatic carbocycles. The number of rotatable bonds is 18. The summed E-state index contributed by atoms with van der Waals surface area (Å²) >= 11 is 0. The van der Waals surface area contributed by atoms with Crippen LogP contribution >= 0.6 is 0 Å². The average Bonchev–Trinajstić information content (AvgIpc) is 3.56. The Balaban J connectivity index is 1.63. The summed E-state index contributed by atoms with van der Waals surface area (Å²) in [6, 6.07) is 13.5. The van der Waals surface area contributed by atoms with Crippen molar-refractivity contribution in [2.45, 2.75) is 77.0 Å². The molecule has 2 aromatic carbocycles. The molecule has 2 heterocycles. The number of unbranched alkanes of at least 4 members (excludes halogenated alkanes) is 3. The first-order chi connectivity index (χ1) is 24.5. The second-order valence-corrected chi connectivity index (χ2v) is 13.5. The summed E-state index contributed by atoms with van der Waals surface area (Å²) in [6.45, 7) is 15.7. The summed E-state index contributed by atoms with van der Waals surface area (Å²) in [6.07, 6.45) is 8.61. The number of pyridine rings is 1. The van der Waals surface area contributed by atoms with Crippen LogP contribution in [0.25, 0.3) is 28.2 Å². The van der Waals surface area contributed by atoms with Crippen LogP contribution in [0.2, 0.25) is 0 Å². The van der Waals surface area contributed by atoms with Gasteiger partial charge >= 0.3 is 12.1 Å². The highest BCUT2D eigenvalue weighted by Gasteiger charge is 2.44. The Morgan fingerprint density at radius 2 is 1.78 bits per heavy atom. The number of likely N-dealkylation sites (tertiary alicyclic amines) is 1. The van der Waals surface area contributed by atoms with E-state index in [-0.39, 0.29) is 25.0 Å². The number of hydrogen-bond acceptors (Lipinski definition) is 8. The topological polar surface area (TPSA) is 116 Å². The average molecular weight is 698 g/mol. The SMILES string of the molecule is C=CCCCCC[C@H](NC(=O)OCC(C)(C)CC=C)C(=O)N1C[C@H](Oc2cc(-c3ccccc3)nc3cc(OC)c(C=C)cc23)C[C@H]1C(=O)OC. The van der Waals surface area contributed by atoms with Crippen LogP contribution in [0.1, 0.15) is 64.4 Å². The molecule has 0 radical (unpaired) electrons. The van der Waals surface area contributed by atoms with Crippen LogP contribution in [-0.4, -0.2) is 73.4 Å². The Morgan fingerprint density at radius 3 is 2.45 bits per heavy atom. The van der Waals surface area contributed by atoms with Gasteiger partial charge in [0, 0.05) is 40.5 Å². The molecule has 1 N–H and O–H groups in total. The maximum Gasteiger partial charge on any atom is 0.407 e. The molecule has 1 aliphatic rings. The lowest BCUT2D eigenvalue weighted by atomic mass is 9.91. The molecule has 3 atom stereocenters. The number of alkyl carbamates (subject to hydrolysis) is 1. The van der Waals surface area contributed by atoms with E-state index in [0.29, 0.717) is 42.0 Å². The quantitative estimate of drug-likeness (QED) is 0.0810. The van der Waals surface area contributed by atoms with E-state index in [1.54, 1.807) is 19.3 Å². The molecule has 0 spiro atoms. The summed E-state index contributed by atoms with van der Waals surface area (Å²) < 4.78 is 23.0. The molecule has 10 nitrogen and oxygen atoms in total. The number of amides is 2. The van der Waals surface area contributed by atoms with E-state index in [0.717, 1.165) is 35.8 Å². The molecule has 3 aromatic rings. The number of aromatic nitrogens is 1. The van der Waals surface area contributed by atoms with Gasteiger partial charge in [-0.1, -0.05) is 81.8 Å². The van der Waals surface area contributed by atoms with Crippen LogP contribution in [0.5, 0.6) is 11.5 Å². The van der Waals surface area contributed by atoms with Crippen LogP contribution in [0, 0.1) is 5.41 Å². The number of carbonyl (C=O) groups excluding carboxylic acids is 3. The van der Waals surface area contributed by atoms with Crippen LogP contribution in [0.3, 0.4) is 0 Å². The number of esters is 1. The smallest absolute Gasteiger partial charge is 0.407 e. The number of methoxy groups -OCH3 is 2. The van der Waals surface area contributed by atoms with Gasteiger partial charge in [0.05, 0.1) is 38.6 Å². The van der Waals surface area contributed by atoms with Gasteiger partial charge < -0.3 is 29.2 Å². The molecule has 1 aromatic heterocycles. The van der Waals surface area contributed by atoms with E-state index >= 15 is 0 Å². The fourth-order valence-electron chi connectivity index (χ4n) is 6.26. The molecule has 10 heteroatoms. The van der Waals surface area contributed by atoms with Crippen molar-refractivity contribution in [3.8, 4) is 22.8 Å². The summed E-state index contributed by atoms with van der Waals surface area (Å²) in [5.41, 5.74) is 2.70. The van der Waals surface area contributed by atoms with Crippen molar-refractivity contribution < 1.29 is 33.3 Å². The van der Waals surface area contributed by atoms with Gasteiger partial charge in [0.25, 0.3) is 0 Å². The third kappa shape index (κ3) is 10.2. The van der Waals surface area contributed by atoms with Gasteiger partial charge in [-0.05, 0) is 31.7 Å². The van der Waals surface area contributed by atoms with Gasteiger partial charge in [0.15, 0.2) is 0 Å². The summed E-state index contributed by atoms with van der Waals surface area (Å²) in [7, 11) is 2.89. The second kappa shape index (κ2) is 18.2. The van der Waals surface area contributed by atoms with Crippen molar-refractivity contribution >= 4 is 34.9 Å². The highest BCUT2D eigenvalue weighted by atomic mass is 16.5. The number of hydrogen-bond donors (Lipinski definition) is 1. The monoisotopic (exact) mass is 697 g/mol. The molecule has 1 fully saturated rings. The van der Waals surface area contributed by atoms with E-state index in [1.807, 2.05) is 68.5 Å². The molecule has 51 heavy (non-hydrogen) atoms. The van der Waals surface area contributed by atoms with E-state index in [1.165, 1.54) is 12.0 Å². The number of ether oxygens (including phenoxy) is 4. The van der Waals surface area contributed by atoms with Crippen molar-refractivity contribution in [3.63, 3.8) is 0 Å². The minimum Gasteiger partial charge on any atom is -0.496 e. The van der Waals surface area contributed by atoms with Crippen LogP contribution < -0.4 is 14.8 Å². The van der Waals surface area contributed by atoms with Crippen LogP contribution in [0.15, 0.2) is 80.4 Å². The first-order valence-corrected chi connectivity index (χ1v) is 17.4. The second-order valence-electron chi connectivity index (χ2n) is 13.5. The predicted octanol–water partition coefficient (Wildman–Crippen LogP) is 7.91. The number of nitrogens with zero attached hydrogens (tertiary/aromatic N) is 2. The molecule has 2 amide bonds. The molecular weight excluding hydrogens is 646 g/mol. The van der Waals surface area contributed by atoms with Gasteiger partial charge in [-0.25, -0.2) is 14.6 Å². The predicted molar refractivity (Wildman–Crippen MR) is 201 cm³/mol. The Kier molecular flexibility index (Phi) is 13.8. The van der Waals surface area contributed by atoms with Gasteiger partial charge in [-0.2, -0.15) is 0 Å². The van der Waals surface area contributed by atoms with Gasteiger partial charge in [-0.3, -0.25) is 4.79 Å². The maximum absolute atomic E-state index is 14.3. The van der Waals surface area contributed by atoms with E-state index < -0.39 is 36.2 Å². The maximum atomic E-state index is 14.3. The fourth-order valence-corrected chi connectivity index (χ4v) is 6.26. The van der Waals surface area contributed by atoms with Crippen molar-refractivity contribution in [2.24, 2.45) is 5.41 Å². The minimum absolute atomic E-state index is 0.101. The van der Waals surface area contributed by atoms with Crippen LogP contribution in [-0.2, 0) is 19.1 Å². The molecule has 0 bridgehead atoms. The normalized spacial score (nSPS) is 16.2. The van der Waals surface area contributed by atoms with E-state index in [9.17, 15) is 14.4 Å². The summed E-state index contributed by atoms with van der Waals surface area (Å²) in [5, 5.41) is 3.52. The Hall–Kier alpha value is -5.12. The summed E-state index contributed by atoms with van der Waals surface area (Å²) in [5.74, 6) is 0.201. The lowest BCUT2D eigenvalue weighted by Gasteiger charge is -2.28. The Bertz CT molecular complexity index is 1700. The molecule has 0 unspecified atom stereocenters. The highest BCUT2D eigenvalue weighted by molar-refractivity contribution is 5.92. The zero-order valence-electron chi connectivity index (χ0n) is 30.3. The largest absolute Gasteiger partial charge is 0.496 e. The third-order valence-electron chi connectivity index (χ3n) is 9.01. The zero-order valence-corrected chi connectivity index (χ0v) is 30.3. The van der Waals surface area contributed by atoms with Gasteiger partial charge in [-0.15, -0.1) is 13.2 Å². The Morgan fingerprint density at radius 1 is 1.02 bits per heavy atom. The van der Waals surface area contributed by atoms with Crippen LogP contribution in [0.4, 0.5) is 4.79 Å². The van der Waals surface area contributed by atoms with E-state index in [2.05, 4.69) is 25.1 Å². The summed E-state index contributed by atoms with van der Waals surface area (Å²) in [4.78, 5) is 46.8. The van der Waals surface area contributed by atoms with E-state index in [4.69, 9.17) is 23.9 Å². The Labute approximate surface area is 301 Å². The fraction of sp³-hybridized carbons (Fsp3) is 0.415. The first kappa shape index (κ1) is 38.7. The lowest BCUT2D eigenvalue weighted by molar-refractivity contribution is -0.151. The molecule has 4 rings (SSSR count). The first-order valence-electron chi connectivity index (χ1n) is 17.4. The number of benzene rings is 2. The molecule has 0 saturated carbocycles. The van der Waals surface area contributed by atoms with Crippen molar-refractivity contribution in [1.29, 1.82) is 0 Å². The van der Waals surface area contributed by atoms with Gasteiger partial charge in [0.2, 0.25) is 5.91 Å².